The van der Waals surface area contributed by atoms with E-state index in [4.69, 9.17) is 0 Å². The normalized spacial score (nSPS) is 24.3. The van der Waals surface area contributed by atoms with Crippen LogP contribution in [0.3, 0.4) is 0 Å². The van der Waals surface area contributed by atoms with Gasteiger partial charge in [0.1, 0.15) is 0 Å². The Hall–Kier alpha value is -1.15. The lowest BCUT2D eigenvalue weighted by molar-refractivity contribution is 0.0877. The van der Waals surface area contributed by atoms with Crippen molar-refractivity contribution in [3.8, 4) is 0 Å². The molecule has 2 heteroatoms. The van der Waals surface area contributed by atoms with Crippen LogP contribution in [0.15, 0.2) is 29.6 Å². The third-order valence-electron chi connectivity index (χ3n) is 4.13. The molecule has 0 atom stereocenters. The third-order valence-corrected chi connectivity index (χ3v) is 5.09. The van der Waals surface area contributed by atoms with Gasteiger partial charge in [0, 0.05) is 16.2 Å². The van der Waals surface area contributed by atoms with Crippen molar-refractivity contribution >= 4 is 27.2 Å². The first-order valence-electron chi connectivity index (χ1n) is 6.76. The molecule has 1 saturated carbocycles. The van der Waals surface area contributed by atoms with Gasteiger partial charge in [0.05, 0.1) is 0 Å². The van der Waals surface area contributed by atoms with Gasteiger partial charge >= 0.3 is 0 Å². The lowest BCUT2D eigenvalue weighted by atomic mass is 9.79. The minimum atomic E-state index is 0.258. The number of hydrogen-bond donors (Lipinski definition) is 0. The van der Waals surface area contributed by atoms with Gasteiger partial charge in [0.2, 0.25) is 0 Å². The van der Waals surface area contributed by atoms with E-state index in [-0.39, 0.29) is 5.92 Å². The average Bonchev–Trinajstić information content (AvgIpc) is 2.87. The number of thiophene rings is 1. The summed E-state index contributed by atoms with van der Waals surface area (Å²) in [5.41, 5.74) is 0.946. The van der Waals surface area contributed by atoms with Crippen molar-refractivity contribution in [3.63, 3.8) is 0 Å². The van der Waals surface area contributed by atoms with Crippen molar-refractivity contribution in [1.29, 1.82) is 0 Å². The molecule has 0 saturated heterocycles. The Balaban J connectivity index is 1.90. The minimum Gasteiger partial charge on any atom is -0.294 e. The SMILES string of the molecule is CC1CCC(C(=O)c2cccc3ccsc23)CC1. The summed E-state index contributed by atoms with van der Waals surface area (Å²) in [4.78, 5) is 12.6. The molecule has 0 aliphatic heterocycles. The summed E-state index contributed by atoms with van der Waals surface area (Å²) >= 11 is 1.69. The van der Waals surface area contributed by atoms with Gasteiger partial charge in [-0.1, -0.05) is 31.9 Å². The molecule has 0 spiro atoms. The first kappa shape index (κ1) is 11.9. The molecule has 2 aromatic rings. The van der Waals surface area contributed by atoms with Crippen LogP contribution in [0.5, 0.6) is 0 Å². The molecular formula is C16H18OS. The van der Waals surface area contributed by atoms with Crippen LogP contribution in [0.25, 0.3) is 10.1 Å². The molecule has 94 valence electrons. The molecule has 3 rings (SSSR count). The van der Waals surface area contributed by atoms with Crippen molar-refractivity contribution in [1.82, 2.24) is 0 Å². The van der Waals surface area contributed by atoms with E-state index < -0.39 is 0 Å². The Bertz CT molecular complexity index is 561. The van der Waals surface area contributed by atoms with Gasteiger partial charge in [0.15, 0.2) is 5.78 Å². The molecule has 1 fully saturated rings. The number of ketones is 1. The standard InChI is InChI=1S/C16H18OS/c1-11-5-7-12(8-6-11)15(17)14-4-2-3-13-9-10-18-16(13)14/h2-4,9-12H,5-8H2,1H3. The van der Waals surface area contributed by atoms with Crippen molar-refractivity contribution < 1.29 is 4.79 Å². The summed E-state index contributed by atoms with van der Waals surface area (Å²) in [7, 11) is 0. The predicted molar refractivity (Wildman–Crippen MR) is 77.3 cm³/mol. The van der Waals surface area contributed by atoms with Crippen molar-refractivity contribution in [3.05, 3.63) is 35.2 Å². The Morgan fingerprint density at radius 1 is 1.17 bits per heavy atom. The van der Waals surface area contributed by atoms with E-state index in [2.05, 4.69) is 24.4 Å². The molecule has 0 unspecified atom stereocenters. The number of benzene rings is 1. The summed E-state index contributed by atoms with van der Waals surface area (Å²) in [5.74, 6) is 1.43. The zero-order chi connectivity index (χ0) is 12.5. The van der Waals surface area contributed by atoms with Gasteiger partial charge in [0.25, 0.3) is 0 Å². The van der Waals surface area contributed by atoms with Crippen molar-refractivity contribution in [2.45, 2.75) is 32.6 Å². The van der Waals surface area contributed by atoms with E-state index in [0.29, 0.717) is 5.78 Å². The van der Waals surface area contributed by atoms with Crippen molar-refractivity contribution in [2.75, 3.05) is 0 Å². The number of Topliss-reactive ketones (excluding diaryl/α,β-unsaturated/α-hetero) is 1. The number of hydrogen-bond acceptors (Lipinski definition) is 2. The molecule has 1 heterocycles. The molecule has 0 N–H and O–H groups in total. The summed E-state index contributed by atoms with van der Waals surface area (Å²) < 4.78 is 1.17. The quantitative estimate of drug-likeness (QED) is 0.699. The van der Waals surface area contributed by atoms with Crippen molar-refractivity contribution in [2.24, 2.45) is 11.8 Å². The van der Waals surface area contributed by atoms with Gasteiger partial charge in [-0.25, -0.2) is 0 Å². The van der Waals surface area contributed by atoms with Crippen LogP contribution in [0.1, 0.15) is 43.0 Å². The average molecular weight is 258 g/mol. The van der Waals surface area contributed by atoms with Crippen LogP contribution in [0, 0.1) is 11.8 Å². The van der Waals surface area contributed by atoms with Gasteiger partial charge in [-0.15, -0.1) is 11.3 Å². The van der Waals surface area contributed by atoms with Gasteiger partial charge < -0.3 is 0 Å². The number of fused-ring (bicyclic) bond motifs is 1. The maximum absolute atomic E-state index is 12.6. The number of carbonyl (C=O) groups excluding carboxylic acids is 1. The van der Waals surface area contributed by atoms with E-state index >= 15 is 0 Å². The number of carbonyl (C=O) groups is 1. The fraction of sp³-hybridized carbons (Fsp3) is 0.438. The summed E-state index contributed by atoms with van der Waals surface area (Å²) in [6.07, 6.45) is 4.55. The molecule has 1 aromatic carbocycles. The fourth-order valence-electron chi connectivity index (χ4n) is 2.93. The zero-order valence-corrected chi connectivity index (χ0v) is 11.5. The van der Waals surface area contributed by atoms with Gasteiger partial charge in [-0.2, -0.15) is 0 Å². The summed E-state index contributed by atoms with van der Waals surface area (Å²) in [6, 6.07) is 8.19. The predicted octanol–water partition coefficient (Wildman–Crippen LogP) is 4.91. The molecule has 18 heavy (non-hydrogen) atoms. The highest BCUT2D eigenvalue weighted by Crippen LogP contribution is 2.33. The third kappa shape index (κ3) is 2.10. The molecule has 1 nitrogen and oxygen atoms in total. The van der Waals surface area contributed by atoms with Crippen LogP contribution in [-0.2, 0) is 0 Å². The van der Waals surface area contributed by atoms with E-state index in [0.717, 1.165) is 24.3 Å². The molecular weight excluding hydrogens is 240 g/mol. The van der Waals surface area contributed by atoms with E-state index in [1.165, 1.54) is 22.9 Å². The van der Waals surface area contributed by atoms with E-state index in [1.807, 2.05) is 12.1 Å². The highest BCUT2D eigenvalue weighted by atomic mass is 32.1. The Kier molecular flexibility index (Phi) is 3.21. The highest BCUT2D eigenvalue weighted by Gasteiger charge is 2.26. The molecule has 1 aromatic heterocycles. The molecule has 0 bridgehead atoms. The fourth-order valence-corrected chi connectivity index (χ4v) is 3.85. The number of rotatable bonds is 2. The molecule has 1 aliphatic rings. The van der Waals surface area contributed by atoms with Crippen LogP contribution in [0.2, 0.25) is 0 Å². The van der Waals surface area contributed by atoms with Crippen LogP contribution >= 0.6 is 11.3 Å². The second-order valence-corrected chi connectivity index (χ2v) is 6.38. The minimum absolute atomic E-state index is 0.258. The lowest BCUT2D eigenvalue weighted by Gasteiger charge is -2.25. The maximum atomic E-state index is 12.6. The molecule has 0 radical (unpaired) electrons. The largest absolute Gasteiger partial charge is 0.294 e. The summed E-state index contributed by atoms with van der Waals surface area (Å²) in [6.45, 7) is 2.29. The Morgan fingerprint density at radius 2 is 1.94 bits per heavy atom. The monoisotopic (exact) mass is 258 g/mol. The summed E-state index contributed by atoms with van der Waals surface area (Å²) in [5, 5.41) is 3.28. The maximum Gasteiger partial charge on any atom is 0.167 e. The highest BCUT2D eigenvalue weighted by molar-refractivity contribution is 7.17. The molecule has 1 aliphatic carbocycles. The van der Waals surface area contributed by atoms with Crippen LogP contribution in [-0.4, -0.2) is 5.78 Å². The first-order chi connectivity index (χ1) is 8.75. The van der Waals surface area contributed by atoms with E-state index in [9.17, 15) is 4.79 Å². The second-order valence-electron chi connectivity index (χ2n) is 5.47. The van der Waals surface area contributed by atoms with Crippen LogP contribution in [0.4, 0.5) is 0 Å². The zero-order valence-electron chi connectivity index (χ0n) is 10.7. The van der Waals surface area contributed by atoms with Gasteiger partial charge in [-0.3, -0.25) is 4.79 Å². The van der Waals surface area contributed by atoms with Gasteiger partial charge in [-0.05, 0) is 41.7 Å². The topological polar surface area (TPSA) is 17.1 Å². The Labute approximate surface area is 112 Å². The second kappa shape index (κ2) is 4.85. The Morgan fingerprint density at radius 3 is 2.72 bits per heavy atom. The smallest absolute Gasteiger partial charge is 0.167 e. The molecule has 0 amide bonds. The van der Waals surface area contributed by atoms with Crippen LogP contribution < -0.4 is 0 Å². The lowest BCUT2D eigenvalue weighted by Crippen LogP contribution is -2.21. The van der Waals surface area contributed by atoms with E-state index in [1.54, 1.807) is 11.3 Å². The first-order valence-corrected chi connectivity index (χ1v) is 7.64.